The van der Waals surface area contributed by atoms with E-state index >= 15 is 0 Å². The maximum atomic E-state index is 13.6. The smallest absolute Gasteiger partial charge is 0.330 e. The zero-order valence-electron chi connectivity index (χ0n) is 19.1. The van der Waals surface area contributed by atoms with Gasteiger partial charge in [0.25, 0.3) is 5.91 Å². The summed E-state index contributed by atoms with van der Waals surface area (Å²) in [6, 6.07) is 9.57. The van der Waals surface area contributed by atoms with Crippen molar-refractivity contribution in [3.05, 3.63) is 59.9 Å². The van der Waals surface area contributed by atoms with Crippen molar-refractivity contribution in [3.63, 3.8) is 0 Å². The van der Waals surface area contributed by atoms with Crippen molar-refractivity contribution in [1.82, 2.24) is 10.1 Å². The van der Waals surface area contributed by atoms with Gasteiger partial charge in [-0.1, -0.05) is 47.6 Å². The molecule has 1 aromatic carbocycles. The van der Waals surface area contributed by atoms with Gasteiger partial charge in [-0.05, 0) is 42.6 Å². The molecule has 1 aromatic heterocycles. The molecule has 1 aliphatic heterocycles. The molecule has 35 heavy (non-hydrogen) atoms. The monoisotopic (exact) mass is 475 g/mol. The summed E-state index contributed by atoms with van der Waals surface area (Å²) in [5, 5.41) is 6.16. The third-order valence-corrected chi connectivity index (χ3v) is 7.79. The van der Waals surface area contributed by atoms with Crippen molar-refractivity contribution in [2.24, 2.45) is 35.5 Å². The van der Waals surface area contributed by atoms with Gasteiger partial charge in [-0.25, -0.2) is 4.79 Å². The maximum absolute atomic E-state index is 13.6. The molecule has 0 radical (unpaired) electrons. The van der Waals surface area contributed by atoms with Crippen LogP contribution in [-0.2, 0) is 30.3 Å². The number of nitrogens with zero attached hydrogens (tertiary/aromatic N) is 2. The Morgan fingerprint density at radius 2 is 1.77 bits per heavy atom. The highest BCUT2D eigenvalue weighted by molar-refractivity contribution is 6.09. The van der Waals surface area contributed by atoms with Crippen LogP contribution in [0.15, 0.2) is 53.1 Å². The van der Waals surface area contributed by atoms with Gasteiger partial charge in [0, 0.05) is 12.5 Å². The van der Waals surface area contributed by atoms with Crippen molar-refractivity contribution >= 4 is 29.5 Å². The van der Waals surface area contributed by atoms with Crippen LogP contribution in [0.5, 0.6) is 0 Å². The molecule has 2 aromatic rings. The van der Waals surface area contributed by atoms with Crippen LogP contribution in [-0.4, -0.2) is 46.4 Å². The average molecular weight is 476 g/mol. The average Bonchev–Trinajstić information content (AvgIpc) is 3.53. The van der Waals surface area contributed by atoms with Crippen LogP contribution in [0, 0.1) is 42.4 Å². The number of aryl methyl sites for hydroxylation is 1. The number of benzene rings is 1. The Morgan fingerprint density at radius 1 is 1.11 bits per heavy atom. The first-order valence-electron chi connectivity index (χ1n) is 11.9. The van der Waals surface area contributed by atoms with E-state index in [4.69, 9.17) is 9.26 Å². The number of esters is 1. The Morgan fingerprint density at radius 3 is 2.37 bits per heavy atom. The molecule has 7 atom stereocenters. The van der Waals surface area contributed by atoms with Crippen LogP contribution in [0.3, 0.4) is 0 Å². The first kappa shape index (κ1) is 21.8. The predicted molar refractivity (Wildman–Crippen MR) is 121 cm³/mol. The van der Waals surface area contributed by atoms with Crippen molar-refractivity contribution in [1.29, 1.82) is 0 Å². The minimum atomic E-state index is -1.14. The van der Waals surface area contributed by atoms with Gasteiger partial charge in [0.2, 0.25) is 11.8 Å². The number of carbonyl (C=O) groups is 4. The summed E-state index contributed by atoms with van der Waals surface area (Å²) in [4.78, 5) is 53.8. The zero-order chi connectivity index (χ0) is 24.3. The standard InChI is InChI=1S/C26H25N3O6/c1-13-9-20(28-35-13)27-21(30)12-34-26(33)19(10-14-5-3-2-4-6-14)29-24(31)22-15-7-8-16(18-11-17(15)18)23(22)25(29)32/h2-9,15-19,22-23H,10-12H2,1H3,(H,27,28,30)/t15-,16-,17-,18-,19-,22+,23+/m0/s1. The van der Waals surface area contributed by atoms with Gasteiger partial charge < -0.3 is 14.6 Å². The van der Waals surface area contributed by atoms with Crippen LogP contribution >= 0.6 is 0 Å². The minimum absolute atomic E-state index is 0.0570. The molecule has 180 valence electrons. The minimum Gasteiger partial charge on any atom is -0.454 e. The number of allylic oxidation sites excluding steroid dienone is 2. The predicted octanol–water partition coefficient (Wildman–Crippen LogP) is 2.13. The Hall–Kier alpha value is -3.75. The van der Waals surface area contributed by atoms with Gasteiger partial charge in [0.15, 0.2) is 12.4 Å². The number of hydrogen-bond donors (Lipinski definition) is 1. The summed E-state index contributed by atoms with van der Waals surface area (Å²) >= 11 is 0. The largest absolute Gasteiger partial charge is 0.454 e. The molecule has 0 spiro atoms. The van der Waals surface area contributed by atoms with Crippen molar-refractivity contribution in [2.75, 3.05) is 11.9 Å². The van der Waals surface area contributed by atoms with Crippen LogP contribution in [0.1, 0.15) is 17.7 Å². The van der Waals surface area contributed by atoms with E-state index in [1.54, 1.807) is 6.92 Å². The molecular weight excluding hydrogens is 450 g/mol. The quantitative estimate of drug-likeness (QED) is 0.370. The molecular formula is C26H25N3O6. The molecule has 3 fully saturated rings. The number of ether oxygens (including phenoxy) is 1. The van der Waals surface area contributed by atoms with Gasteiger partial charge in [0.1, 0.15) is 11.8 Å². The lowest BCUT2D eigenvalue weighted by atomic mass is 9.63. The molecule has 1 saturated heterocycles. The summed E-state index contributed by atoms with van der Waals surface area (Å²) in [6.45, 7) is 1.11. The van der Waals surface area contributed by atoms with Crippen LogP contribution < -0.4 is 5.32 Å². The van der Waals surface area contributed by atoms with E-state index in [-0.39, 0.29) is 35.9 Å². The lowest BCUT2D eigenvalue weighted by molar-refractivity contribution is -0.160. The molecule has 9 nitrogen and oxygen atoms in total. The van der Waals surface area contributed by atoms with Crippen LogP contribution in [0.4, 0.5) is 5.82 Å². The number of nitrogens with one attached hydrogen (secondary N) is 1. The highest BCUT2D eigenvalue weighted by Crippen LogP contribution is 2.65. The van der Waals surface area contributed by atoms with Crippen molar-refractivity contribution < 1.29 is 28.4 Å². The second kappa shape index (κ2) is 8.18. The van der Waals surface area contributed by atoms with E-state index in [1.807, 2.05) is 30.3 Å². The van der Waals surface area contributed by atoms with Crippen LogP contribution in [0.2, 0.25) is 0 Å². The van der Waals surface area contributed by atoms with Gasteiger partial charge in [0.05, 0.1) is 11.8 Å². The highest BCUT2D eigenvalue weighted by Gasteiger charge is 2.68. The van der Waals surface area contributed by atoms with Gasteiger partial charge in [-0.2, -0.15) is 0 Å². The van der Waals surface area contributed by atoms with Crippen molar-refractivity contribution in [2.45, 2.75) is 25.8 Å². The van der Waals surface area contributed by atoms with E-state index < -0.39 is 36.4 Å². The highest BCUT2D eigenvalue weighted by atomic mass is 16.5. The summed E-state index contributed by atoms with van der Waals surface area (Å²) in [7, 11) is 0. The Kier molecular flexibility index (Phi) is 5.09. The van der Waals surface area contributed by atoms with E-state index in [1.165, 1.54) is 6.07 Å². The fourth-order valence-corrected chi connectivity index (χ4v) is 6.24. The number of anilines is 1. The normalized spacial score (nSPS) is 30.6. The Balaban J connectivity index is 1.21. The molecule has 2 heterocycles. The Labute approximate surface area is 201 Å². The molecule has 3 amide bonds. The first-order chi connectivity index (χ1) is 16.9. The molecule has 2 bridgehead atoms. The molecule has 7 rings (SSSR count). The number of aromatic nitrogens is 1. The topological polar surface area (TPSA) is 119 Å². The third-order valence-electron chi connectivity index (χ3n) is 7.79. The van der Waals surface area contributed by atoms with Gasteiger partial charge in [-0.15, -0.1) is 0 Å². The molecule has 4 aliphatic carbocycles. The summed E-state index contributed by atoms with van der Waals surface area (Å²) in [6.07, 6.45) is 5.37. The maximum Gasteiger partial charge on any atom is 0.330 e. The molecule has 0 unspecified atom stereocenters. The lowest BCUT2D eigenvalue weighted by Gasteiger charge is -2.37. The number of hydrogen-bond acceptors (Lipinski definition) is 7. The fraction of sp³-hybridized carbons (Fsp3) is 0.423. The SMILES string of the molecule is Cc1cc(NC(=O)COC(=O)[C@H](Cc2ccccc2)N2C(=O)[C@@H]3[C@H]4C=C[C@@H]([C@@H]5C[C@@H]45)[C@H]3C2=O)no1. The molecule has 9 heteroatoms. The number of rotatable bonds is 7. The summed E-state index contributed by atoms with van der Waals surface area (Å²) in [5.41, 5.74) is 0.788. The fourth-order valence-electron chi connectivity index (χ4n) is 6.24. The van der Waals surface area contributed by atoms with Gasteiger partial charge >= 0.3 is 5.97 Å². The second-order valence-corrected chi connectivity index (χ2v) is 9.89. The number of carbonyl (C=O) groups excluding carboxylic acids is 4. The van der Waals surface area contributed by atoms with Crippen molar-refractivity contribution in [3.8, 4) is 0 Å². The zero-order valence-corrected chi connectivity index (χ0v) is 19.1. The number of amides is 3. The summed E-state index contributed by atoms with van der Waals surface area (Å²) < 4.78 is 10.2. The molecule has 5 aliphatic rings. The van der Waals surface area contributed by atoms with E-state index in [9.17, 15) is 19.2 Å². The molecule has 1 N–H and O–H groups in total. The number of imide groups is 1. The molecule has 2 saturated carbocycles. The second-order valence-electron chi connectivity index (χ2n) is 9.89. The first-order valence-corrected chi connectivity index (χ1v) is 11.9. The van der Waals surface area contributed by atoms with E-state index in [0.717, 1.165) is 16.9 Å². The van der Waals surface area contributed by atoms with E-state index in [0.29, 0.717) is 17.6 Å². The van der Waals surface area contributed by atoms with Crippen LogP contribution in [0.25, 0.3) is 0 Å². The Bertz CT molecular complexity index is 1200. The lowest BCUT2D eigenvalue weighted by Crippen LogP contribution is -2.48. The third kappa shape index (κ3) is 3.66. The van der Waals surface area contributed by atoms with Gasteiger partial charge in [-0.3, -0.25) is 19.3 Å². The number of likely N-dealkylation sites (tertiary alicyclic amines) is 1. The van der Waals surface area contributed by atoms with E-state index in [2.05, 4.69) is 22.6 Å². The summed E-state index contributed by atoms with van der Waals surface area (Å²) in [5.74, 6) is -1.03.